The van der Waals surface area contributed by atoms with Gasteiger partial charge in [0.1, 0.15) is 17.4 Å². The maximum Gasteiger partial charge on any atom is 0.360 e. The van der Waals surface area contributed by atoms with Gasteiger partial charge in [-0.05, 0) is 12.1 Å². The number of benzene rings is 1. The fourth-order valence-corrected chi connectivity index (χ4v) is 2.23. The van der Waals surface area contributed by atoms with Crippen molar-refractivity contribution in [3.8, 4) is 11.4 Å². The predicted octanol–water partition coefficient (Wildman–Crippen LogP) is 2.47. The first-order valence-corrected chi connectivity index (χ1v) is 6.70. The Bertz CT molecular complexity index is 682. The molecule has 0 saturated carbocycles. The first-order chi connectivity index (χ1) is 10.0. The van der Waals surface area contributed by atoms with Gasteiger partial charge in [-0.2, -0.15) is 0 Å². The van der Waals surface area contributed by atoms with Gasteiger partial charge in [-0.15, -0.1) is 0 Å². The molecule has 0 bridgehead atoms. The zero-order valence-electron chi connectivity index (χ0n) is 12.0. The van der Waals surface area contributed by atoms with Crippen molar-refractivity contribution in [2.75, 3.05) is 20.0 Å². The molecule has 1 aromatic heterocycles. The van der Waals surface area contributed by atoms with Crippen LogP contribution in [0.1, 0.15) is 23.2 Å². The second kappa shape index (κ2) is 6.05. The molecule has 0 radical (unpaired) electrons. The molecule has 7 heteroatoms. The number of ether oxygens (including phenoxy) is 2. The normalized spacial score (nSPS) is 10.5. The van der Waals surface area contributed by atoms with Crippen LogP contribution in [0, 0.1) is 0 Å². The minimum atomic E-state index is -0.583. The molecular formula is C14H16ClN3O3. The molecule has 2 rings (SSSR count). The van der Waals surface area contributed by atoms with E-state index in [1.807, 2.05) is 6.92 Å². The summed E-state index contributed by atoms with van der Waals surface area (Å²) in [7, 11) is 2.84. The third-order valence-electron chi connectivity index (χ3n) is 3.07. The Morgan fingerprint density at radius 1 is 1.43 bits per heavy atom. The molecule has 112 valence electrons. The number of rotatable bonds is 4. The highest BCUT2D eigenvalue weighted by Crippen LogP contribution is 2.30. The molecule has 1 heterocycles. The highest BCUT2D eigenvalue weighted by Gasteiger charge is 2.22. The van der Waals surface area contributed by atoms with Crippen LogP contribution in [0.4, 0.5) is 5.82 Å². The van der Waals surface area contributed by atoms with Gasteiger partial charge in [0.2, 0.25) is 0 Å². The van der Waals surface area contributed by atoms with Crippen LogP contribution in [0.3, 0.4) is 0 Å². The number of carbonyl (C=O) groups is 1. The molecule has 0 atom stereocenters. The van der Waals surface area contributed by atoms with Crippen molar-refractivity contribution in [3.05, 3.63) is 34.7 Å². The number of esters is 1. The van der Waals surface area contributed by atoms with E-state index in [0.29, 0.717) is 28.7 Å². The summed E-state index contributed by atoms with van der Waals surface area (Å²) in [5, 5.41) is 0.478. The molecule has 0 aliphatic rings. The van der Waals surface area contributed by atoms with Crippen LogP contribution in [0.25, 0.3) is 5.69 Å². The monoisotopic (exact) mass is 309 g/mol. The van der Waals surface area contributed by atoms with Gasteiger partial charge in [0.15, 0.2) is 5.69 Å². The molecule has 0 aliphatic carbocycles. The fraction of sp³-hybridized carbons (Fsp3) is 0.286. The third-order valence-corrected chi connectivity index (χ3v) is 3.39. The quantitative estimate of drug-likeness (QED) is 0.878. The molecule has 0 aliphatic heterocycles. The Morgan fingerprint density at radius 3 is 2.71 bits per heavy atom. The molecule has 0 saturated heterocycles. The predicted molar refractivity (Wildman–Crippen MR) is 80.3 cm³/mol. The minimum absolute atomic E-state index is 0.0771. The van der Waals surface area contributed by atoms with Crippen LogP contribution in [0.15, 0.2) is 18.2 Å². The molecule has 0 amide bonds. The number of nitrogens with zero attached hydrogens (tertiary/aromatic N) is 2. The van der Waals surface area contributed by atoms with Crippen molar-refractivity contribution in [1.29, 1.82) is 0 Å². The van der Waals surface area contributed by atoms with Crippen LogP contribution >= 0.6 is 11.6 Å². The number of halogens is 1. The Morgan fingerprint density at radius 2 is 2.14 bits per heavy atom. The molecule has 0 unspecified atom stereocenters. The summed E-state index contributed by atoms with van der Waals surface area (Å²) in [6, 6.07) is 5.18. The summed E-state index contributed by atoms with van der Waals surface area (Å²) in [5.74, 6) is 0.848. The van der Waals surface area contributed by atoms with Crippen molar-refractivity contribution in [1.82, 2.24) is 9.55 Å². The van der Waals surface area contributed by atoms with Gasteiger partial charge >= 0.3 is 5.97 Å². The van der Waals surface area contributed by atoms with Crippen molar-refractivity contribution in [2.24, 2.45) is 0 Å². The van der Waals surface area contributed by atoms with Crippen molar-refractivity contribution < 1.29 is 14.3 Å². The summed E-state index contributed by atoms with van der Waals surface area (Å²) < 4.78 is 11.5. The van der Waals surface area contributed by atoms with Gasteiger partial charge in [0, 0.05) is 12.5 Å². The lowest BCUT2D eigenvalue weighted by Crippen LogP contribution is -2.08. The SMILES string of the molecule is CCc1nc(C(=O)OC)c(N)n1-c1cc(OC)ccc1Cl. The highest BCUT2D eigenvalue weighted by atomic mass is 35.5. The van der Waals surface area contributed by atoms with Crippen LogP contribution in [0.2, 0.25) is 5.02 Å². The van der Waals surface area contributed by atoms with E-state index in [2.05, 4.69) is 9.72 Å². The van der Waals surface area contributed by atoms with Crippen molar-refractivity contribution in [2.45, 2.75) is 13.3 Å². The van der Waals surface area contributed by atoms with E-state index in [1.165, 1.54) is 7.11 Å². The first kappa shape index (κ1) is 15.2. The number of carbonyl (C=O) groups excluding carboxylic acids is 1. The van der Waals surface area contributed by atoms with Gasteiger partial charge in [0.25, 0.3) is 0 Å². The van der Waals surface area contributed by atoms with E-state index in [-0.39, 0.29) is 11.5 Å². The number of methoxy groups -OCH3 is 2. The number of nitrogen functional groups attached to an aromatic ring is 1. The molecule has 0 fully saturated rings. The zero-order chi connectivity index (χ0) is 15.6. The first-order valence-electron chi connectivity index (χ1n) is 6.32. The maximum atomic E-state index is 11.7. The summed E-state index contributed by atoms with van der Waals surface area (Å²) in [6.45, 7) is 1.91. The standard InChI is InChI=1S/C14H16ClN3O3/c1-4-11-17-12(14(19)21-3)13(16)18(11)10-7-8(20-2)5-6-9(10)15/h5-7H,4,16H2,1-3H3. The van der Waals surface area contributed by atoms with E-state index in [9.17, 15) is 4.79 Å². The Hall–Kier alpha value is -2.21. The number of anilines is 1. The van der Waals surface area contributed by atoms with Gasteiger partial charge < -0.3 is 15.2 Å². The van der Waals surface area contributed by atoms with Crippen molar-refractivity contribution in [3.63, 3.8) is 0 Å². The van der Waals surface area contributed by atoms with Crippen molar-refractivity contribution >= 4 is 23.4 Å². The molecule has 0 spiro atoms. The van der Waals surface area contributed by atoms with Gasteiger partial charge in [0.05, 0.1) is 24.9 Å². The number of hydrogen-bond acceptors (Lipinski definition) is 5. The molecule has 1 aromatic carbocycles. The summed E-state index contributed by atoms with van der Waals surface area (Å²) in [4.78, 5) is 16.0. The van der Waals surface area contributed by atoms with E-state index in [4.69, 9.17) is 22.1 Å². The lowest BCUT2D eigenvalue weighted by Gasteiger charge is -2.12. The fourth-order valence-electron chi connectivity index (χ4n) is 2.02. The summed E-state index contributed by atoms with van der Waals surface area (Å²) in [6.07, 6.45) is 0.578. The smallest absolute Gasteiger partial charge is 0.360 e. The second-order valence-electron chi connectivity index (χ2n) is 4.26. The molecule has 6 nitrogen and oxygen atoms in total. The van der Waals surface area contributed by atoms with E-state index < -0.39 is 5.97 Å². The Kier molecular flexibility index (Phi) is 4.37. The van der Waals surface area contributed by atoms with Gasteiger partial charge in [-0.25, -0.2) is 9.78 Å². The van der Waals surface area contributed by atoms with E-state index in [0.717, 1.165) is 0 Å². The van der Waals surface area contributed by atoms with Crippen LogP contribution in [0.5, 0.6) is 5.75 Å². The molecule has 21 heavy (non-hydrogen) atoms. The Labute approximate surface area is 127 Å². The average Bonchev–Trinajstić information content (AvgIpc) is 2.83. The molecule has 2 N–H and O–H groups in total. The second-order valence-corrected chi connectivity index (χ2v) is 4.67. The lowest BCUT2D eigenvalue weighted by atomic mass is 10.2. The topological polar surface area (TPSA) is 79.4 Å². The highest BCUT2D eigenvalue weighted by molar-refractivity contribution is 6.32. The van der Waals surface area contributed by atoms with E-state index >= 15 is 0 Å². The number of imidazole rings is 1. The maximum absolute atomic E-state index is 11.7. The van der Waals surface area contributed by atoms with Crippen LogP contribution < -0.4 is 10.5 Å². The number of nitrogens with two attached hydrogens (primary N) is 1. The largest absolute Gasteiger partial charge is 0.497 e. The summed E-state index contributed by atoms with van der Waals surface area (Å²) >= 11 is 6.24. The van der Waals surface area contributed by atoms with Gasteiger partial charge in [-0.1, -0.05) is 18.5 Å². The third kappa shape index (κ3) is 2.67. The number of aryl methyl sites for hydroxylation is 1. The lowest BCUT2D eigenvalue weighted by molar-refractivity contribution is 0.0596. The van der Waals surface area contributed by atoms with E-state index in [1.54, 1.807) is 29.9 Å². The van der Waals surface area contributed by atoms with Crippen LogP contribution in [-0.4, -0.2) is 29.7 Å². The average molecular weight is 310 g/mol. The summed E-state index contributed by atoms with van der Waals surface area (Å²) in [5.41, 5.74) is 6.73. The number of hydrogen-bond donors (Lipinski definition) is 1. The van der Waals surface area contributed by atoms with Gasteiger partial charge in [-0.3, -0.25) is 4.57 Å². The minimum Gasteiger partial charge on any atom is -0.497 e. The zero-order valence-corrected chi connectivity index (χ0v) is 12.8. The number of aromatic nitrogens is 2. The molecular weight excluding hydrogens is 294 g/mol. The Balaban J connectivity index is 2.68. The molecule has 2 aromatic rings. The van der Waals surface area contributed by atoms with Crippen LogP contribution in [-0.2, 0) is 11.2 Å².